The van der Waals surface area contributed by atoms with Crippen LogP contribution in [0.3, 0.4) is 0 Å². The highest BCUT2D eigenvalue weighted by molar-refractivity contribution is 5.63. The Bertz CT molecular complexity index is 738. The maximum absolute atomic E-state index is 11.6. The van der Waals surface area contributed by atoms with Crippen molar-refractivity contribution in [2.75, 3.05) is 7.11 Å². The number of nitrogens with one attached hydrogen (secondary N) is 1. The van der Waals surface area contributed by atoms with Gasteiger partial charge in [0.05, 0.1) is 12.8 Å². The van der Waals surface area contributed by atoms with E-state index < -0.39 is 0 Å². The number of pyridine rings is 1. The molecular formula is C14H12N2O2. The molecule has 3 aromatic rings. The zero-order valence-electron chi connectivity index (χ0n) is 9.88. The van der Waals surface area contributed by atoms with Crippen LogP contribution in [0.5, 0.6) is 5.75 Å². The van der Waals surface area contributed by atoms with E-state index in [1.165, 1.54) is 0 Å². The zero-order chi connectivity index (χ0) is 12.5. The number of ether oxygens (including phenoxy) is 1. The normalized spacial score (nSPS) is 10.7. The summed E-state index contributed by atoms with van der Waals surface area (Å²) in [6.45, 7) is 0. The molecule has 0 bridgehead atoms. The Morgan fingerprint density at radius 3 is 2.56 bits per heavy atom. The van der Waals surface area contributed by atoms with Gasteiger partial charge in [0.15, 0.2) is 0 Å². The van der Waals surface area contributed by atoms with Crippen LogP contribution in [-0.2, 0) is 0 Å². The van der Waals surface area contributed by atoms with E-state index in [1.807, 2.05) is 30.3 Å². The average Bonchev–Trinajstić information content (AvgIpc) is 2.84. The third-order valence-corrected chi connectivity index (χ3v) is 2.91. The molecule has 0 aliphatic carbocycles. The van der Waals surface area contributed by atoms with Crippen molar-refractivity contribution in [2.24, 2.45) is 0 Å². The Morgan fingerprint density at radius 2 is 1.89 bits per heavy atom. The summed E-state index contributed by atoms with van der Waals surface area (Å²) < 4.78 is 6.71. The summed E-state index contributed by atoms with van der Waals surface area (Å²) in [6, 6.07) is 12.8. The number of hydrogen-bond donors (Lipinski definition) is 1. The number of aromatic nitrogens is 2. The molecule has 18 heavy (non-hydrogen) atoms. The lowest BCUT2D eigenvalue weighted by Crippen LogP contribution is -2.08. The lowest BCUT2D eigenvalue weighted by molar-refractivity contribution is 0.415. The number of aromatic amines is 1. The van der Waals surface area contributed by atoms with Gasteiger partial charge in [-0.2, -0.15) is 0 Å². The van der Waals surface area contributed by atoms with Gasteiger partial charge in [-0.25, -0.2) is 0 Å². The van der Waals surface area contributed by atoms with Crippen molar-refractivity contribution < 1.29 is 4.74 Å². The Kier molecular flexibility index (Phi) is 2.41. The number of methoxy groups -OCH3 is 1. The summed E-state index contributed by atoms with van der Waals surface area (Å²) in [5.74, 6) is 0.812. The standard InChI is InChI=1S/C14H12N2O2/c1-18-11-7-5-10(6-8-11)12-9-16-13(15-12)3-2-4-14(16)17/h2-9,15H,1H3. The van der Waals surface area contributed by atoms with Crippen LogP contribution in [0.15, 0.2) is 53.5 Å². The molecule has 0 saturated carbocycles. The van der Waals surface area contributed by atoms with Gasteiger partial charge in [-0.3, -0.25) is 9.20 Å². The van der Waals surface area contributed by atoms with Crippen molar-refractivity contribution >= 4 is 5.65 Å². The van der Waals surface area contributed by atoms with E-state index in [4.69, 9.17) is 4.74 Å². The average molecular weight is 240 g/mol. The molecule has 90 valence electrons. The topological polar surface area (TPSA) is 46.5 Å². The van der Waals surface area contributed by atoms with E-state index in [0.717, 1.165) is 22.7 Å². The molecule has 0 aliphatic heterocycles. The number of benzene rings is 1. The maximum atomic E-state index is 11.6. The molecule has 3 rings (SSSR count). The SMILES string of the molecule is COc1ccc(-c2cn3c(=O)cccc3[nH]2)cc1. The first-order valence-corrected chi connectivity index (χ1v) is 5.63. The third-order valence-electron chi connectivity index (χ3n) is 2.91. The molecule has 1 N–H and O–H groups in total. The fourth-order valence-corrected chi connectivity index (χ4v) is 1.95. The van der Waals surface area contributed by atoms with E-state index in [-0.39, 0.29) is 5.56 Å². The van der Waals surface area contributed by atoms with E-state index in [0.29, 0.717) is 0 Å². The molecule has 0 radical (unpaired) electrons. The second-order valence-corrected chi connectivity index (χ2v) is 4.02. The monoisotopic (exact) mass is 240 g/mol. The second kappa shape index (κ2) is 4.07. The van der Waals surface area contributed by atoms with Crippen LogP contribution in [0.2, 0.25) is 0 Å². The van der Waals surface area contributed by atoms with Crippen molar-refractivity contribution in [1.29, 1.82) is 0 Å². The van der Waals surface area contributed by atoms with Crippen LogP contribution >= 0.6 is 0 Å². The first-order valence-electron chi connectivity index (χ1n) is 5.63. The molecule has 2 aromatic heterocycles. The molecule has 4 heteroatoms. The third kappa shape index (κ3) is 1.68. The first kappa shape index (κ1) is 10.7. The predicted molar refractivity (Wildman–Crippen MR) is 70.0 cm³/mol. The number of fused-ring (bicyclic) bond motifs is 1. The van der Waals surface area contributed by atoms with Gasteiger partial charge in [0, 0.05) is 12.3 Å². The van der Waals surface area contributed by atoms with Crippen molar-refractivity contribution in [3.05, 3.63) is 59.0 Å². The minimum Gasteiger partial charge on any atom is -0.497 e. The van der Waals surface area contributed by atoms with Crippen LogP contribution in [0.25, 0.3) is 16.9 Å². The molecule has 2 heterocycles. The minimum absolute atomic E-state index is 0.0384. The number of imidazole rings is 1. The number of rotatable bonds is 2. The predicted octanol–water partition coefficient (Wildman–Crippen LogP) is 2.30. The van der Waals surface area contributed by atoms with Gasteiger partial charge in [-0.1, -0.05) is 6.07 Å². The summed E-state index contributed by atoms with van der Waals surface area (Å²) in [5.41, 5.74) is 2.66. The molecule has 4 nitrogen and oxygen atoms in total. The van der Waals surface area contributed by atoms with Crippen LogP contribution in [-0.4, -0.2) is 16.5 Å². The van der Waals surface area contributed by atoms with Gasteiger partial charge < -0.3 is 9.72 Å². The molecule has 0 saturated heterocycles. The van der Waals surface area contributed by atoms with Gasteiger partial charge in [-0.15, -0.1) is 0 Å². The fraction of sp³-hybridized carbons (Fsp3) is 0.0714. The summed E-state index contributed by atoms with van der Waals surface area (Å²) in [7, 11) is 1.64. The Labute approximate surface area is 103 Å². The molecule has 0 amide bonds. The Hall–Kier alpha value is -2.49. The Balaban J connectivity index is 2.13. The van der Waals surface area contributed by atoms with Crippen molar-refractivity contribution in [3.8, 4) is 17.0 Å². The molecule has 0 unspecified atom stereocenters. The van der Waals surface area contributed by atoms with Gasteiger partial charge in [0.2, 0.25) is 0 Å². The number of H-pyrrole nitrogens is 1. The van der Waals surface area contributed by atoms with Crippen LogP contribution in [0.4, 0.5) is 0 Å². The van der Waals surface area contributed by atoms with Gasteiger partial charge >= 0.3 is 0 Å². The maximum Gasteiger partial charge on any atom is 0.256 e. The summed E-state index contributed by atoms with van der Waals surface area (Å²) >= 11 is 0. The summed E-state index contributed by atoms with van der Waals surface area (Å²) in [6.07, 6.45) is 1.81. The van der Waals surface area contributed by atoms with E-state index in [9.17, 15) is 4.79 Å². The molecule has 1 aromatic carbocycles. The highest BCUT2D eigenvalue weighted by Gasteiger charge is 2.04. The zero-order valence-corrected chi connectivity index (χ0v) is 9.88. The molecule has 0 atom stereocenters. The molecule has 0 aliphatic rings. The molecule has 0 spiro atoms. The number of nitrogens with zero attached hydrogens (tertiary/aromatic N) is 1. The van der Waals surface area contributed by atoms with Crippen molar-refractivity contribution in [2.45, 2.75) is 0 Å². The van der Waals surface area contributed by atoms with Gasteiger partial charge in [-0.05, 0) is 35.9 Å². The molecular weight excluding hydrogens is 228 g/mol. The lowest BCUT2D eigenvalue weighted by atomic mass is 10.2. The first-order chi connectivity index (χ1) is 8.78. The van der Waals surface area contributed by atoms with Gasteiger partial charge in [0.1, 0.15) is 11.4 Å². The van der Waals surface area contributed by atoms with E-state index >= 15 is 0 Å². The number of hydrogen-bond acceptors (Lipinski definition) is 2. The summed E-state index contributed by atoms with van der Waals surface area (Å²) in [4.78, 5) is 14.9. The van der Waals surface area contributed by atoms with Crippen molar-refractivity contribution in [1.82, 2.24) is 9.38 Å². The highest BCUT2D eigenvalue weighted by Crippen LogP contribution is 2.21. The smallest absolute Gasteiger partial charge is 0.256 e. The lowest BCUT2D eigenvalue weighted by Gasteiger charge is -2.00. The van der Waals surface area contributed by atoms with E-state index in [2.05, 4.69) is 4.98 Å². The van der Waals surface area contributed by atoms with Crippen LogP contribution < -0.4 is 10.3 Å². The summed E-state index contributed by atoms with van der Waals surface area (Å²) in [5, 5.41) is 0. The van der Waals surface area contributed by atoms with Crippen molar-refractivity contribution in [3.63, 3.8) is 0 Å². The minimum atomic E-state index is -0.0384. The van der Waals surface area contributed by atoms with Gasteiger partial charge in [0.25, 0.3) is 5.56 Å². The highest BCUT2D eigenvalue weighted by atomic mass is 16.5. The van der Waals surface area contributed by atoms with Crippen LogP contribution in [0.1, 0.15) is 0 Å². The van der Waals surface area contributed by atoms with Crippen LogP contribution in [0, 0.1) is 0 Å². The Morgan fingerprint density at radius 1 is 1.11 bits per heavy atom. The van der Waals surface area contributed by atoms with E-state index in [1.54, 1.807) is 29.8 Å². The molecule has 0 fully saturated rings. The second-order valence-electron chi connectivity index (χ2n) is 4.02. The fourth-order valence-electron chi connectivity index (χ4n) is 1.95. The quantitative estimate of drug-likeness (QED) is 0.747. The largest absolute Gasteiger partial charge is 0.497 e.